The first-order valence-electron chi connectivity index (χ1n) is 5.16. The van der Waals surface area contributed by atoms with Crippen molar-refractivity contribution in [3.63, 3.8) is 0 Å². The number of ether oxygens (including phenoxy) is 1. The predicted octanol–water partition coefficient (Wildman–Crippen LogP) is 2.03. The fourth-order valence-electron chi connectivity index (χ4n) is 1.67. The molecule has 0 amide bonds. The van der Waals surface area contributed by atoms with Crippen LogP contribution in [0.4, 0.5) is 4.39 Å². The summed E-state index contributed by atoms with van der Waals surface area (Å²) >= 11 is 0. The van der Waals surface area contributed by atoms with Gasteiger partial charge in [-0.15, -0.1) is 0 Å². The topological polar surface area (TPSA) is 64.4 Å². The van der Waals surface area contributed by atoms with E-state index in [1.54, 1.807) is 13.0 Å². The summed E-state index contributed by atoms with van der Waals surface area (Å²) in [5.74, 6) is -1.46. The van der Waals surface area contributed by atoms with E-state index in [1.165, 1.54) is 30.1 Å². The fraction of sp³-hybridized carbons (Fsp3) is 0.167. The molecule has 1 aromatic carbocycles. The molecule has 1 heterocycles. The van der Waals surface area contributed by atoms with E-state index in [0.717, 1.165) is 0 Å². The minimum absolute atomic E-state index is 0.0891. The van der Waals surface area contributed by atoms with Gasteiger partial charge < -0.3 is 9.84 Å². The molecule has 1 aromatic heterocycles. The summed E-state index contributed by atoms with van der Waals surface area (Å²) in [7, 11) is 1.37. The van der Waals surface area contributed by atoms with Crippen LogP contribution in [0.15, 0.2) is 24.4 Å². The molecule has 94 valence electrons. The number of halogens is 1. The number of rotatable bonds is 3. The second-order valence-corrected chi connectivity index (χ2v) is 3.68. The molecule has 0 radical (unpaired) electrons. The van der Waals surface area contributed by atoms with E-state index < -0.39 is 11.8 Å². The molecule has 0 unspecified atom stereocenters. The van der Waals surface area contributed by atoms with E-state index in [2.05, 4.69) is 5.10 Å². The van der Waals surface area contributed by atoms with Gasteiger partial charge in [0.1, 0.15) is 5.56 Å². The van der Waals surface area contributed by atoms with Crippen LogP contribution in [0.3, 0.4) is 0 Å². The zero-order valence-electron chi connectivity index (χ0n) is 9.85. The molecule has 0 bridgehead atoms. The minimum Gasteiger partial charge on any atom is -0.494 e. The molecule has 0 aliphatic carbocycles. The molecule has 0 spiro atoms. The van der Waals surface area contributed by atoms with Crippen LogP contribution in [0.2, 0.25) is 0 Å². The number of hydrogen-bond acceptors (Lipinski definition) is 3. The van der Waals surface area contributed by atoms with Crippen LogP contribution in [0.1, 0.15) is 16.1 Å². The van der Waals surface area contributed by atoms with Crippen molar-refractivity contribution < 1.29 is 19.0 Å². The van der Waals surface area contributed by atoms with Gasteiger partial charge in [-0.1, -0.05) is 0 Å². The van der Waals surface area contributed by atoms with Crippen LogP contribution in [0, 0.1) is 12.7 Å². The van der Waals surface area contributed by atoms with Gasteiger partial charge >= 0.3 is 5.97 Å². The Balaban J connectivity index is 2.49. The van der Waals surface area contributed by atoms with Crippen molar-refractivity contribution in [2.75, 3.05) is 7.11 Å². The zero-order valence-corrected chi connectivity index (χ0v) is 9.85. The Hall–Kier alpha value is -2.37. The molecule has 0 aliphatic heterocycles. The SMILES string of the molecule is COc1ccc(-n2ncc(C(=O)O)c2C)cc1F. The molecular weight excluding hydrogens is 239 g/mol. The summed E-state index contributed by atoms with van der Waals surface area (Å²) in [6, 6.07) is 4.31. The molecule has 0 aliphatic rings. The van der Waals surface area contributed by atoms with Gasteiger partial charge in [-0.05, 0) is 19.1 Å². The first-order chi connectivity index (χ1) is 8.54. The van der Waals surface area contributed by atoms with Crippen molar-refractivity contribution in [1.82, 2.24) is 9.78 Å². The molecule has 6 heteroatoms. The Kier molecular flexibility index (Phi) is 3.01. The number of nitrogens with zero attached hydrogens (tertiary/aromatic N) is 2. The number of carbonyl (C=O) groups is 1. The first-order valence-corrected chi connectivity index (χ1v) is 5.16. The second-order valence-electron chi connectivity index (χ2n) is 3.68. The van der Waals surface area contributed by atoms with Crippen molar-refractivity contribution in [1.29, 1.82) is 0 Å². The van der Waals surface area contributed by atoms with Gasteiger partial charge in [0.15, 0.2) is 11.6 Å². The molecule has 0 atom stereocenters. The van der Waals surface area contributed by atoms with Crippen molar-refractivity contribution in [3.8, 4) is 11.4 Å². The third-order valence-corrected chi connectivity index (χ3v) is 2.62. The average Bonchev–Trinajstić information content (AvgIpc) is 2.71. The van der Waals surface area contributed by atoms with E-state index >= 15 is 0 Å². The largest absolute Gasteiger partial charge is 0.494 e. The standard InChI is InChI=1S/C12H11FN2O3/c1-7-9(12(16)17)6-14-15(7)8-3-4-11(18-2)10(13)5-8/h3-6H,1-2H3,(H,16,17). The highest BCUT2D eigenvalue weighted by Crippen LogP contribution is 2.21. The van der Waals surface area contributed by atoms with Crippen molar-refractivity contribution >= 4 is 5.97 Å². The lowest BCUT2D eigenvalue weighted by Crippen LogP contribution is -2.03. The number of aromatic nitrogens is 2. The van der Waals surface area contributed by atoms with Crippen molar-refractivity contribution in [2.45, 2.75) is 6.92 Å². The highest BCUT2D eigenvalue weighted by atomic mass is 19.1. The van der Waals surface area contributed by atoms with Crippen LogP contribution >= 0.6 is 0 Å². The molecule has 1 N–H and O–H groups in total. The predicted molar refractivity (Wildman–Crippen MR) is 61.8 cm³/mol. The average molecular weight is 250 g/mol. The zero-order chi connectivity index (χ0) is 13.3. The monoisotopic (exact) mass is 250 g/mol. The quantitative estimate of drug-likeness (QED) is 0.905. The smallest absolute Gasteiger partial charge is 0.339 e. The maximum absolute atomic E-state index is 13.6. The van der Waals surface area contributed by atoms with Gasteiger partial charge in [0.05, 0.1) is 24.7 Å². The van der Waals surface area contributed by atoms with Crippen LogP contribution in [0.5, 0.6) is 5.75 Å². The van der Waals surface area contributed by atoms with E-state index in [0.29, 0.717) is 11.4 Å². The number of aromatic carboxylic acids is 1. The normalized spacial score (nSPS) is 10.4. The van der Waals surface area contributed by atoms with Crippen LogP contribution in [-0.2, 0) is 0 Å². The Morgan fingerprint density at radius 2 is 2.22 bits per heavy atom. The highest BCUT2D eigenvalue weighted by molar-refractivity contribution is 5.88. The molecule has 0 saturated carbocycles. The number of benzene rings is 1. The maximum atomic E-state index is 13.6. The summed E-state index contributed by atoms with van der Waals surface area (Å²) in [5.41, 5.74) is 0.969. The molecular formula is C12H11FN2O3. The van der Waals surface area contributed by atoms with Crippen LogP contribution in [-0.4, -0.2) is 28.0 Å². The maximum Gasteiger partial charge on any atom is 0.339 e. The molecule has 5 nitrogen and oxygen atoms in total. The second kappa shape index (κ2) is 4.48. The summed E-state index contributed by atoms with van der Waals surface area (Å²) in [6.45, 7) is 1.61. The molecule has 2 aromatic rings. The number of carboxylic acids is 1. The Bertz CT molecular complexity index is 607. The Morgan fingerprint density at radius 3 is 2.72 bits per heavy atom. The van der Waals surface area contributed by atoms with Gasteiger partial charge in [-0.2, -0.15) is 5.10 Å². The summed E-state index contributed by atoms with van der Waals surface area (Å²) in [5, 5.41) is 12.8. The molecule has 0 saturated heterocycles. The lowest BCUT2D eigenvalue weighted by molar-refractivity contribution is 0.0696. The van der Waals surface area contributed by atoms with E-state index in [1.807, 2.05) is 0 Å². The summed E-state index contributed by atoms with van der Waals surface area (Å²) < 4.78 is 19.7. The molecule has 0 fully saturated rings. The van der Waals surface area contributed by atoms with Gasteiger partial charge in [-0.3, -0.25) is 0 Å². The molecule has 2 rings (SSSR count). The Labute approximate surface area is 102 Å². The first kappa shape index (κ1) is 12.1. The third kappa shape index (κ3) is 1.92. The third-order valence-electron chi connectivity index (χ3n) is 2.62. The van der Waals surface area contributed by atoms with Gasteiger partial charge in [0, 0.05) is 6.07 Å². The van der Waals surface area contributed by atoms with Crippen LogP contribution in [0.25, 0.3) is 5.69 Å². The van der Waals surface area contributed by atoms with Crippen LogP contribution < -0.4 is 4.74 Å². The minimum atomic E-state index is -1.06. The fourth-order valence-corrected chi connectivity index (χ4v) is 1.67. The van der Waals surface area contributed by atoms with E-state index in [9.17, 15) is 9.18 Å². The lowest BCUT2D eigenvalue weighted by Gasteiger charge is -2.07. The van der Waals surface area contributed by atoms with Gasteiger partial charge in [0.25, 0.3) is 0 Å². The summed E-state index contributed by atoms with van der Waals surface area (Å²) in [4.78, 5) is 10.9. The number of carboxylic acid groups (broad SMARTS) is 1. The number of hydrogen-bond donors (Lipinski definition) is 1. The van der Waals surface area contributed by atoms with Gasteiger partial charge in [-0.25, -0.2) is 13.9 Å². The summed E-state index contributed by atoms with van der Waals surface area (Å²) in [6.07, 6.45) is 1.24. The van der Waals surface area contributed by atoms with Crippen molar-refractivity contribution in [2.24, 2.45) is 0 Å². The van der Waals surface area contributed by atoms with E-state index in [-0.39, 0.29) is 11.3 Å². The Morgan fingerprint density at radius 1 is 1.50 bits per heavy atom. The van der Waals surface area contributed by atoms with Gasteiger partial charge in [0.2, 0.25) is 0 Å². The number of methoxy groups -OCH3 is 1. The molecule has 18 heavy (non-hydrogen) atoms. The van der Waals surface area contributed by atoms with Crippen molar-refractivity contribution in [3.05, 3.63) is 41.5 Å². The lowest BCUT2D eigenvalue weighted by atomic mass is 10.2. The van der Waals surface area contributed by atoms with E-state index in [4.69, 9.17) is 9.84 Å². The highest BCUT2D eigenvalue weighted by Gasteiger charge is 2.14.